The molecule has 0 saturated heterocycles. The fraction of sp³-hybridized carbons (Fsp3) is 0.500. The minimum atomic E-state index is 0.386. The Morgan fingerprint density at radius 3 is 2.33 bits per heavy atom. The topological polar surface area (TPSA) is 26.0 Å². The first kappa shape index (κ1) is 5.81. The lowest BCUT2D eigenvalue weighted by Gasteiger charge is -1.65. The normalized spacial score (nSPS) is 6.33. The van der Waals surface area contributed by atoms with Crippen molar-refractivity contribution in [2.24, 2.45) is 5.73 Å². The molecule has 0 saturated carbocycles. The van der Waals surface area contributed by atoms with Crippen LogP contribution >= 0.6 is 11.6 Å². The summed E-state index contributed by atoms with van der Waals surface area (Å²) in [6.07, 6.45) is 0. The summed E-state index contributed by atoms with van der Waals surface area (Å²) in [5, 5.41) is 0. The Morgan fingerprint density at radius 1 is 1.50 bits per heavy atom. The van der Waals surface area contributed by atoms with Crippen molar-refractivity contribution in [3.63, 3.8) is 0 Å². The van der Waals surface area contributed by atoms with E-state index < -0.39 is 0 Å². The average Bonchev–Trinajstić information content (AvgIpc) is 1.61. The molecule has 0 heterocycles. The maximum Gasteiger partial charge on any atom is 0.0835 e. The predicted molar refractivity (Wildman–Crippen MR) is 27.6 cm³/mol. The summed E-state index contributed by atoms with van der Waals surface area (Å²) in [7, 11) is 0. The van der Waals surface area contributed by atoms with Crippen molar-refractivity contribution in [2.45, 2.75) is 0 Å². The fourth-order valence-corrected chi connectivity index (χ4v) is 0.214. The zero-order valence-electron chi connectivity index (χ0n) is 3.37. The molecule has 2 N–H and O–H groups in total. The van der Waals surface area contributed by atoms with Gasteiger partial charge in [-0.05, 0) is 0 Å². The van der Waals surface area contributed by atoms with Crippen molar-refractivity contribution in [3.05, 3.63) is 0 Å². The van der Waals surface area contributed by atoms with E-state index in [0.717, 1.165) is 0 Å². The minimum Gasteiger partial charge on any atom is -0.320 e. The lowest BCUT2D eigenvalue weighted by Crippen LogP contribution is -1.92. The molecule has 0 unspecified atom stereocenters. The molecule has 1 nitrogen and oxygen atoms in total. The molecule has 0 aliphatic heterocycles. The van der Waals surface area contributed by atoms with Crippen molar-refractivity contribution in [3.8, 4) is 11.8 Å². The van der Waals surface area contributed by atoms with Gasteiger partial charge in [-0.25, -0.2) is 0 Å². The number of rotatable bonds is 0. The molecule has 0 amide bonds. The van der Waals surface area contributed by atoms with Crippen LogP contribution in [0.1, 0.15) is 0 Å². The molecule has 34 valence electrons. The molecule has 0 spiro atoms. The molecule has 0 bridgehead atoms. The molecule has 0 rings (SSSR count). The van der Waals surface area contributed by atoms with Gasteiger partial charge >= 0.3 is 0 Å². The van der Waals surface area contributed by atoms with Crippen LogP contribution < -0.4 is 5.73 Å². The molecular weight excluding hydrogens is 97.5 g/mol. The second-order valence-corrected chi connectivity index (χ2v) is 0.959. The van der Waals surface area contributed by atoms with Gasteiger partial charge in [0.05, 0.1) is 12.4 Å². The Labute approximate surface area is 42.5 Å². The predicted octanol–water partition coefficient (Wildman–Crippen LogP) is 0.187. The Morgan fingerprint density at radius 2 is 2.17 bits per heavy atom. The molecule has 0 aromatic rings. The lowest BCUT2D eigenvalue weighted by atomic mass is 10.6. The molecule has 0 atom stereocenters. The molecule has 0 aliphatic carbocycles. The van der Waals surface area contributed by atoms with Crippen LogP contribution in [0.5, 0.6) is 0 Å². The highest BCUT2D eigenvalue weighted by Crippen LogP contribution is 1.64. The molecule has 0 radical (unpaired) electrons. The molecule has 0 aromatic carbocycles. The quantitative estimate of drug-likeness (QED) is 0.344. The number of alkyl halides is 1. The smallest absolute Gasteiger partial charge is 0.0835 e. The van der Waals surface area contributed by atoms with E-state index in [1.54, 1.807) is 0 Å². The highest BCUT2D eigenvalue weighted by molar-refractivity contribution is 6.19. The largest absolute Gasteiger partial charge is 0.320 e. The summed E-state index contributed by atoms with van der Waals surface area (Å²) in [5.74, 6) is 5.57. The lowest BCUT2D eigenvalue weighted by molar-refractivity contribution is 1.30. The molecule has 0 aromatic heterocycles. The van der Waals surface area contributed by atoms with E-state index in [-0.39, 0.29) is 0 Å². The Hall–Kier alpha value is -0.190. The van der Waals surface area contributed by atoms with Crippen LogP contribution in [0.3, 0.4) is 0 Å². The average molecular weight is 104 g/mol. The van der Waals surface area contributed by atoms with Gasteiger partial charge in [0.25, 0.3) is 0 Å². The van der Waals surface area contributed by atoms with Gasteiger partial charge in [0, 0.05) is 0 Å². The van der Waals surface area contributed by atoms with Gasteiger partial charge in [-0.1, -0.05) is 11.8 Å². The first-order valence-corrected chi connectivity index (χ1v) is 2.17. The van der Waals surface area contributed by atoms with Gasteiger partial charge in [-0.3, -0.25) is 0 Å². The second-order valence-electron chi connectivity index (χ2n) is 0.691. The van der Waals surface area contributed by atoms with E-state index in [0.29, 0.717) is 12.4 Å². The maximum absolute atomic E-state index is 5.15. The third kappa shape index (κ3) is 3.81. The third-order valence-electron chi connectivity index (χ3n) is 0.294. The Balaban J connectivity index is 2.90. The Bertz CT molecular complexity index is 61.4. The van der Waals surface area contributed by atoms with E-state index in [1.807, 2.05) is 0 Å². The number of hydrogen-bond acceptors (Lipinski definition) is 1. The first-order chi connectivity index (χ1) is 2.91. The molecule has 2 heteroatoms. The highest BCUT2D eigenvalue weighted by Gasteiger charge is 1.57. The van der Waals surface area contributed by atoms with Crippen molar-refractivity contribution >= 4 is 11.6 Å². The van der Waals surface area contributed by atoms with E-state index >= 15 is 0 Å². The first-order valence-electron chi connectivity index (χ1n) is 1.63. The van der Waals surface area contributed by atoms with Gasteiger partial charge in [0.15, 0.2) is 0 Å². The summed E-state index contributed by atoms with van der Waals surface area (Å²) in [4.78, 5) is 0. The van der Waals surface area contributed by atoms with Crippen LogP contribution in [0.4, 0.5) is 0 Å². The van der Waals surface area contributed by atoms with Crippen molar-refractivity contribution < 1.29 is 0 Å². The maximum atomic E-state index is 5.15. The molecule has 6 heavy (non-hydrogen) atoms. The van der Waals surface area contributed by atoms with E-state index in [2.05, 4.69) is 11.8 Å². The SMILES string of the molecule is NCC#CCCl. The van der Waals surface area contributed by atoms with Crippen LogP contribution in [-0.2, 0) is 0 Å². The zero-order valence-corrected chi connectivity index (χ0v) is 4.13. The zero-order chi connectivity index (χ0) is 4.83. The van der Waals surface area contributed by atoms with Gasteiger partial charge in [-0.15, -0.1) is 11.6 Å². The number of halogens is 1. The van der Waals surface area contributed by atoms with Crippen LogP contribution in [0.15, 0.2) is 0 Å². The number of nitrogens with two attached hydrogens (primary N) is 1. The molecule has 0 aliphatic rings. The summed E-state index contributed by atoms with van der Waals surface area (Å²) < 4.78 is 0. The van der Waals surface area contributed by atoms with Crippen LogP contribution in [-0.4, -0.2) is 12.4 Å². The summed E-state index contributed by atoms with van der Waals surface area (Å²) in [6, 6.07) is 0. The highest BCUT2D eigenvalue weighted by atomic mass is 35.5. The van der Waals surface area contributed by atoms with Crippen molar-refractivity contribution in [2.75, 3.05) is 12.4 Å². The van der Waals surface area contributed by atoms with E-state index in [9.17, 15) is 0 Å². The summed E-state index contributed by atoms with van der Waals surface area (Å²) >= 11 is 5.15. The van der Waals surface area contributed by atoms with Crippen molar-refractivity contribution in [1.29, 1.82) is 0 Å². The monoisotopic (exact) mass is 103 g/mol. The summed E-state index contributed by atoms with van der Waals surface area (Å²) in [6.45, 7) is 0.409. The van der Waals surface area contributed by atoms with E-state index in [1.165, 1.54) is 0 Å². The van der Waals surface area contributed by atoms with E-state index in [4.69, 9.17) is 17.3 Å². The van der Waals surface area contributed by atoms with Gasteiger partial charge < -0.3 is 5.73 Å². The number of hydrogen-bond donors (Lipinski definition) is 1. The molecule has 0 fully saturated rings. The van der Waals surface area contributed by atoms with Gasteiger partial charge in [0.1, 0.15) is 0 Å². The molecular formula is C4H6ClN. The van der Waals surface area contributed by atoms with Gasteiger partial charge in [-0.2, -0.15) is 0 Å². The van der Waals surface area contributed by atoms with Crippen LogP contribution in [0, 0.1) is 11.8 Å². The minimum absolute atomic E-state index is 0.386. The van der Waals surface area contributed by atoms with Crippen molar-refractivity contribution in [1.82, 2.24) is 0 Å². The van der Waals surface area contributed by atoms with Crippen LogP contribution in [0.2, 0.25) is 0 Å². The Kier molecular flexibility index (Phi) is 4.66. The fourth-order valence-electron chi connectivity index (χ4n) is 0.119. The van der Waals surface area contributed by atoms with Crippen LogP contribution in [0.25, 0.3) is 0 Å². The summed E-state index contributed by atoms with van der Waals surface area (Å²) in [5.41, 5.74) is 4.98. The third-order valence-corrected chi connectivity index (χ3v) is 0.428. The van der Waals surface area contributed by atoms with Gasteiger partial charge in [0.2, 0.25) is 0 Å². The second kappa shape index (κ2) is 4.81. The standard InChI is InChI=1S/C4H6ClN/c5-3-1-2-4-6/h3-4,6H2.